The number of aromatic nitrogens is 1. The average Bonchev–Trinajstić information content (AvgIpc) is 2.97. The quantitative estimate of drug-likeness (QED) is 0.728. The molecule has 1 aliphatic carbocycles. The monoisotopic (exact) mass is 189 g/mol. The average molecular weight is 189 g/mol. The van der Waals surface area contributed by atoms with Crippen LogP contribution in [0.3, 0.4) is 0 Å². The van der Waals surface area contributed by atoms with Crippen LogP contribution in [0.1, 0.15) is 31.7 Å². The lowest BCUT2D eigenvalue weighted by Crippen LogP contribution is -2.12. The van der Waals surface area contributed by atoms with E-state index in [-0.39, 0.29) is 5.41 Å². The molecule has 0 bridgehead atoms. The first kappa shape index (κ1) is 9.38. The summed E-state index contributed by atoms with van der Waals surface area (Å²) in [6.07, 6.45) is 7.81. The van der Waals surface area contributed by atoms with Crippen LogP contribution < -0.4 is 0 Å². The van der Waals surface area contributed by atoms with E-state index >= 15 is 0 Å². The summed E-state index contributed by atoms with van der Waals surface area (Å²) < 4.78 is 0. The van der Waals surface area contributed by atoms with E-state index in [0.717, 1.165) is 25.7 Å². The second-order valence-corrected chi connectivity index (χ2v) is 4.20. The van der Waals surface area contributed by atoms with E-state index in [1.165, 1.54) is 5.56 Å². The summed E-state index contributed by atoms with van der Waals surface area (Å²) in [5, 5.41) is 0. The molecule has 0 atom stereocenters. The zero-order chi connectivity index (χ0) is 10.0. The molecule has 1 aromatic rings. The lowest BCUT2D eigenvalue weighted by molar-refractivity contribution is -0.122. The topological polar surface area (TPSA) is 30.0 Å². The molecule has 1 aromatic heterocycles. The molecule has 0 radical (unpaired) electrons. The molecule has 0 N–H and O–H groups in total. The van der Waals surface area contributed by atoms with Crippen LogP contribution >= 0.6 is 0 Å². The minimum atomic E-state index is 0.0375. The van der Waals surface area contributed by atoms with Crippen LogP contribution in [-0.2, 0) is 11.2 Å². The first-order valence-electron chi connectivity index (χ1n) is 5.13. The van der Waals surface area contributed by atoms with Crippen LogP contribution in [-0.4, -0.2) is 10.8 Å². The van der Waals surface area contributed by atoms with E-state index in [4.69, 9.17) is 0 Å². The molecule has 0 amide bonds. The molecule has 2 nitrogen and oxygen atoms in total. The molecule has 0 unspecified atom stereocenters. The van der Waals surface area contributed by atoms with Crippen LogP contribution in [0.15, 0.2) is 24.5 Å². The highest BCUT2D eigenvalue weighted by Crippen LogP contribution is 2.50. The maximum atomic E-state index is 11.3. The molecule has 1 heterocycles. The van der Waals surface area contributed by atoms with Gasteiger partial charge >= 0.3 is 0 Å². The normalized spacial score (nSPS) is 17.8. The highest BCUT2D eigenvalue weighted by Gasteiger charge is 2.46. The number of carbonyl (C=O) groups excluding carboxylic acids is 1. The molecule has 1 aliphatic rings. The third kappa shape index (κ3) is 1.84. The van der Waals surface area contributed by atoms with Gasteiger partial charge in [-0.2, -0.15) is 0 Å². The van der Waals surface area contributed by atoms with Gasteiger partial charge in [0.2, 0.25) is 0 Å². The molecule has 1 saturated carbocycles. The van der Waals surface area contributed by atoms with Crippen LogP contribution in [0.5, 0.6) is 0 Å². The zero-order valence-corrected chi connectivity index (χ0v) is 8.49. The van der Waals surface area contributed by atoms with Gasteiger partial charge in [0.05, 0.1) is 0 Å². The first-order valence-corrected chi connectivity index (χ1v) is 5.13. The van der Waals surface area contributed by atoms with Crippen LogP contribution in [0, 0.1) is 5.41 Å². The van der Waals surface area contributed by atoms with Crippen LogP contribution in [0.4, 0.5) is 0 Å². The lowest BCUT2D eigenvalue weighted by atomic mass is 9.94. The molecule has 2 heteroatoms. The van der Waals surface area contributed by atoms with E-state index < -0.39 is 0 Å². The highest BCUT2D eigenvalue weighted by molar-refractivity contribution is 5.84. The summed E-state index contributed by atoms with van der Waals surface area (Å²) in [6, 6.07) is 4.02. The van der Waals surface area contributed by atoms with Crippen molar-refractivity contribution >= 4 is 5.78 Å². The summed E-state index contributed by atoms with van der Waals surface area (Å²) in [4.78, 5) is 15.4. The van der Waals surface area contributed by atoms with Gasteiger partial charge in [0.1, 0.15) is 5.78 Å². The molecular weight excluding hydrogens is 174 g/mol. The molecule has 0 spiro atoms. The first-order chi connectivity index (χ1) is 6.73. The SMILES string of the molecule is CC(=O)C1(CCc2cccnc2)CC1. The van der Waals surface area contributed by atoms with Gasteiger partial charge in [-0.3, -0.25) is 9.78 Å². The fourth-order valence-corrected chi connectivity index (χ4v) is 1.86. The third-order valence-corrected chi connectivity index (χ3v) is 3.22. The number of hydrogen-bond donors (Lipinski definition) is 0. The highest BCUT2D eigenvalue weighted by atomic mass is 16.1. The van der Waals surface area contributed by atoms with Crippen molar-refractivity contribution in [1.29, 1.82) is 0 Å². The summed E-state index contributed by atoms with van der Waals surface area (Å²) in [5.41, 5.74) is 1.27. The Bertz CT molecular complexity index is 327. The van der Waals surface area contributed by atoms with E-state index in [1.54, 1.807) is 13.1 Å². The zero-order valence-electron chi connectivity index (χ0n) is 8.49. The number of hydrogen-bond acceptors (Lipinski definition) is 2. The number of rotatable bonds is 4. The summed E-state index contributed by atoms with van der Waals surface area (Å²) >= 11 is 0. The Morgan fingerprint density at radius 1 is 1.57 bits per heavy atom. The van der Waals surface area contributed by atoms with Crippen molar-refractivity contribution in [2.45, 2.75) is 32.6 Å². The maximum Gasteiger partial charge on any atom is 0.135 e. The largest absolute Gasteiger partial charge is 0.299 e. The van der Waals surface area contributed by atoms with E-state index in [9.17, 15) is 4.79 Å². The molecule has 0 saturated heterocycles. The summed E-state index contributed by atoms with van der Waals surface area (Å²) in [5.74, 6) is 0.362. The molecule has 74 valence electrons. The summed E-state index contributed by atoms with van der Waals surface area (Å²) in [7, 11) is 0. The van der Waals surface area contributed by atoms with Crippen molar-refractivity contribution in [1.82, 2.24) is 4.98 Å². The van der Waals surface area contributed by atoms with Crippen molar-refractivity contribution in [3.63, 3.8) is 0 Å². The number of carbonyl (C=O) groups is 1. The minimum absolute atomic E-state index is 0.0375. The molecule has 14 heavy (non-hydrogen) atoms. The molecule has 0 aromatic carbocycles. The fraction of sp³-hybridized carbons (Fsp3) is 0.500. The Morgan fingerprint density at radius 3 is 2.86 bits per heavy atom. The van der Waals surface area contributed by atoms with Crippen molar-refractivity contribution in [3.8, 4) is 0 Å². The van der Waals surface area contributed by atoms with Crippen molar-refractivity contribution in [2.24, 2.45) is 5.41 Å². The number of pyridine rings is 1. The Labute approximate surface area is 84.4 Å². The molecule has 1 fully saturated rings. The van der Waals surface area contributed by atoms with Gasteiger partial charge in [0.25, 0.3) is 0 Å². The summed E-state index contributed by atoms with van der Waals surface area (Å²) in [6.45, 7) is 1.72. The molecule has 2 rings (SSSR count). The Balaban J connectivity index is 1.92. The smallest absolute Gasteiger partial charge is 0.135 e. The molecular formula is C12H15NO. The van der Waals surface area contributed by atoms with Crippen molar-refractivity contribution in [2.75, 3.05) is 0 Å². The number of aryl methyl sites for hydroxylation is 1. The van der Waals surface area contributed by atoms with Gasteiger partial charge < -0.3 is 0 Å². The third-order valence-electron chi connectivity index (χ3n) is 3.22. The second kappa shape index (κ2) is 3.52. The van der Waals surface area contributed by atoms with Crippen LogP contribution in [0.2, 0.25) is 0 Å². The number of nitrogens with zero attached hydrogens (tertiary/aromatic N) is 1. The Kier molecular flexibility index (Phi) is 2.36. The number of ketones is 1. The van der Waals surface area contributed by atoms with Gasteiger partial charge in [0.15, 0.2) is 0 Å². The predicted molar refractivity (Wildman–Crippen MR) is 54.9 cm³/mol. The van der Waals surface area contributed by atoms with E-state index in [2.05, 4.69) is 11.1 Å². The van der Waals surface area contributed by atoms with Gasteiger partial charge in [-0.05, 0) is 44.2 Å². The van der Waals surface area contributed by atoms with Crippen LogP contribution in [0.25, 0.3) is 0 Å². The van der Waals surface area contributed by atoms with E-state index in [0.29, 0.717) is 5.78 Å². The van der Waals surface area contributed by atoms with Gasteiger partial charge in [0, 0.05) is 17.8 Å². The van der Waals surface area contributed by atoms with Crippen molar-refractivity contribution in [3.05, 3.63) is 30.1 Å². The van der Waals surface area contributed by atoms with Gasteiger partial charge in [-0.25, -0.2) is 0 Å². The Morgan fingerprint density at radius 2 is 2.36 bits per heavy atom. The predicted octanol–water partition coefficient (Wildman–Crippen LogP) is 2.38. The second-order valence-electron chi connectivity index (χ2n) is 4.20. The van der Waals surface area contributed by atoms with Gasteiger partial charge in [-0.15, -0.1) is 0 Å². The fourth-order valence-electron chi connectivity index (χ4n) is 1.86. The minimum Gasteiger partial charge on any atom is -0.299 e. The number of Topliss-reactive ketones (excluding diaryl/α,β-unsaturated/α-hetero) is 1. The van der Waals surface area contributed by atoms with E-state index in [1.807, 2.05) is 12.3 Å². The Hall–Kier alpha value is -1.18. The lowest BCUT2D eigenvalue weighted by Gasteiger charge is -2.10. The standard InChI is InChI=1S/C12H15NO/c1-10(14)12(6-7-12)5-4-11-3-2-8-13-9-11/h2-3,8-9H,4-7H2,1H3. The molecule has 0 aliphatic heterocycles. The maximum absolute atomic E-state index is 11.3. The van der Waals surface area contributed by atoms with Gasteiger partial charge in [-0.1, -0.05) is 6.07 Å². The van der Waals surface area contributed by atoms with Crippen molar-refractivity contribution < 1.29 is 4.79 Å².